The van der Waals surface area contributed by atoms with Gasteiger partial charge >= 0.3 is 0 Å². The third-order valence-electron chi connectivity index (χ3n) is 3.88. The van der Waals surface area contributed by atoms with Gasteiger partial charge in [-0.25, -0.2) is 0 Å². The van der Waals surface area contributed by atoms with Gasteiger partial charge in [0.25, 0.3) is 0 Å². The molecule has 1 aromatic rings. The third kappa shape index (κ3) is 4.43. The summed E-state index contributed by atoms with van der Waals surface area (Å²) >= 11 is 0. The lowest BCUT2D eigenvalue weighted by Crippen LogP contribution is -2.36. The molecule has 3 heteroatoms. The van der Waals surface area contributed by atoms with Crippen molar-refractivity contribution < 1.29 is 9.53 Å². The number of hydrogen-bond acceptors (Lipinski definition) is 3. The molecule has 0 amide bonds. The Balaban J connectivity index is 1.76. The van der Waals surface area contributed by atoms with Crippen LogP contribution in [0.3, 0.4) is 0 Å². The predicted octanol–water partition coefficient (Wildman–Crippen LogP) is 3.11. The van der Waals surface area contributed by atoms with Crippen LogP contribution in [0.4, 0.5) is 0 Å². The second-order valence-corrected chi connectivity index (χ2v) is 5.76. The van der Waals surface area contributed by atoms with Crippen molar-refractivity contribution in [1.82, 2.24) is 4.90 Å². The van der Waals surface area contributed by atoms with Gasteiger partial charge in [-0.15, -0.1) is 0 Å². The van der Waals surface area contributed by atoms with Gasteiger partial charge in [-0.05, 0) is 24.4 Å². The van der Waals surface area contributed by atoms with Gasteiger partial charge in [0.1, 0.15) is 0 Å². The van der Waals surface area contributed by atoms with Gasteiger partial charge < -0.3 is 4.74 Å². The number of carbonyl (C=O) groups excluding carboxylic acids is 1. The van der Waals surface area contributed by atoms with Crippen molar-refractivity contribution in [2.45, 2.75) is 32.6 Å². The number of Topliss-reactive ketones (excluding diaryl/α,β-unsaturated/α-hetero) is 1. The van der Waals surface area contributed by atoms with E-state index in [1.54, 1.807) is 0 Å². The van der Waals surface area contributed by atoms with Crippen LogP contribution in [-0.2, 0) is 4.74 Å². The highest BCUT2D eigenvalue weighted by atomic mass is 16.5. The average Bonchev–Trinajstić information content (AvgIpc) is 2.48. The minimum atomic E-state index is 0.258. The summed E-state index contributed by atoms with van der Waals surface area (Å²) in [6, 6.07) is 8.07. The second kappa shape index (κ2) is 7.55. The highest BCUT2D eigenvalue weighted by molar-refractivity contribution is 5.96. The number of rotatable bonds is 6. The molecule has 110 valence electrons. The zero-order chi connectivity index (χ0) is 14.4. The van der Waals surface area contributed by atoms with Gasteiger partial charge in [0.15, 0.2) is 5.78 Å². The largest absolute Gasteiger partial charge is 0.379 e. The van der Waals surface area contributed by atoms with Crippen molar-refractivity contribution in [1.29, 1.82) is 0 Å². The number of carbonyl (C=O) groups is 1. The molecule has 0 aromatic heterocycles. The monoisotopic (exact) mass is 275 g/mol. The zero-order valence-electron chi connectivity index (χ0n) is 12.6. The first kappa shape index (κ1) is 15.2. The summed E-state index contributed by atoms with van der Waals surface area (Å²) in [6.07, 6.45) is 1.57. The number of ether oxygens (including phenoxy) is 1. The molecule has 0 saturated carbocycles. The Morgan fingerprint density at radius 3 is 2.45 bits per heavy atom. The van der Waals surface area contributed by atoms with Crippen molar-refractivity contribution in [2.75, 3.05) is 32.8 Å². The molecule has 1 heterocycles. The molecule has 0 atom stereocenters. The summed E-state index contributed by atoms with van der Waals surface area (Å²) in [7, 11) is 0. The summed E-state index contributed by atoms with van der Waals surface area (Å²) < 4.78 is 5.32. The maximum absolute atomic E-state index is 12.1. The lowest BCUT2D eigenvalue weighted by Gasteiger charge is -2.26. The van der Waals surface area contributed by atoms with Gasteiger partial charge in [0.05, 0.1) is 13.2 Å². The molecule has 0 N–H and O–H groups in total. The van der Waals surface area contributed by atoms with Crippen LogP contribution in [-0.4, -0.2) is 43.5 Å². The summed E-state index contributed by atoms with van der Waals surface area (Å²) in [5.74, 6) is 0.772. The molecule has 1 aromatic carbocycles. The number of hydrogen-bond donors (Lipinski definition) is 0. The van der Waals surface area contributed by atoms with Gasteiger partial charge in [-0.2, -0.15) is 0 Å². The molecular formula is C17H25NO2. The maximum atomic E-state index is 12.1. The van der Waals surface area contributed by atoms with Gasteiger partial charge in [-0.1, -0.05) is 38.1 Å². The highest BCUT2D eigenvalue weighted by Crippen LogP contribution is 2.16. The van der Waals surface area contributed by atoms with Gasteiger partial charge in [0, 0.05) is 25.1 Å². The Morgan fingerprint density at radius 1 is 1.20 bits per heavy atom. The van der Waals surface area contributed by atoms with E-state index < -0.39 is 0 Å². The number of ketones is 1. The lowest BCUT2D eigenvalue weighted by molar-refractivity contribution is 0.0371. The molecule has 1 fully saturated rings. The molecule has 1 aliphatic heterocycles. The van der Waals surface area contributed by atoms with Crippen molar-refractivity contribution in [3.8, 4) is 0 Å². The number of nitrogens with zero attached hydrogens (tertiary/aromatic N) is 1. The normalized spacial score (nSPS) is 16.6. The summed E-state index contributed by atoms with van der Waals surface area (Å²) in [5, 5.41) is 0. The first-order valence-corrected chi connectivity index (χ1v) is 7.60. The van der Waals surface area contributed by atoms with Crippen LogP contribution in [0.1, 0.15) is 48.5 Å². The minimum Gasteiger partial charge on any atom is -0.379 e. The smallest absolute Gasteiger partial charge is 0.162 e. The molecule has 0 unspecified atom stereocenters. The maximum Gasteiger partial charge on any atom is 0.162 e. The molecule has 20 heavy (non-hydrogen) atoms. The number of morpholine rings is 1. The van der Waals surface area contributed by atoms with E-state index in [0.717, 1.165) is 44.8 Å². The molecule has 0 aliphatic carbocycles. The van der Waals surface area contributed by atoms with Crippen LogP contribution in [0.5, 0.6) is 0 Å². The van der Waals surface area contributed by atoms with E-state index in [1.165, 1.54) is 5.56 Å². The Bertz CT molecular complexity index is 419. The number of benzene rings is 1. The van der Waals surface area contributed by atoms with E-state index in [-0.39, 0.29) is 5.78 Å². The molecule has 0 radical (unpaired) electrons. The topological polar surface area (TPSA) is 29.5 Å². The minimum absolute atomic E-state index is 0.258. The van der Waals surface area contributed by atoms with Crippen LogP contribution in [0, 0.1) is 0 Å². The van der Waals surface area contributed by atoms with Crippen molar-refractivity contribution in [2.24, 2.45) is 0 Å². The van der Waals surface area contributed by atoms with Crippen LogP contribution < -0.4 is 0 Å². The predicted molar refractivity (Wildman–Crippen MR) is 81.4 cm³/mol. The molecule has 1 saturated heterocycles. The Labute approximate surface area is 121 Å². The van der Waals surface area contributed by atoms with Crippen molar-refractivity contribution in [3.05, 3.63) is 35.4 Å². The van der Waals surface area contributed by atoms with E-state index >= 15 is 0 Å². The molecule has 0 bridgehead atoms. The fourth-order valence-electron chi connectivity index (χ4n) is 2.49. The van der Waals surface area contributed by atoms with Crippen molar-refractivity contribution in [3.63, 3.8) is 0 Å². The first-order chi connectivity index (χ1) is 9.66. The molecular weight excluding hydrogens is 250 g/mol. The van der Waals surface area contributed by atoms with E-state index in [0.29, 0.717) is 12.3 Å². The van der Waals surface area contributed by atoms with Crippen molar-refractivity contribution >= 4 is 5.78 Å². The average molecular weight is 275 g/mol. The standard InChI is InChI=1S/C17H25NO2/c1-14(2)15-5-7-16(8-6-15)17(19)4-3-9-18-10-12-20-13-11-18/h5-8,14H,3-4,9-13H2,1-2H3. The Hall–Kier alpha value is -1.19. The van der Waals surface area contributed by atoms with Crippen LogP contribution in [0.2, 0.25) is 0 Å². The van der Waals surface area contributed by atoms with E-state index in [1.807, 2.05) is 12.1 Å². The first-order valence-electron chi connectivity index (χ1n) is 7.60. The fourth-order valence-corrected chi connectivity index (χ4v) is 2.49. The van der Waals surface area contributed by atoms with Crippen LogP contribution in [0.25, 0.3) is 0 Å². The van der Waals surface area contributed by atoms with E-state index in [4.69, 9.17) is 4.74 Å². The van der Waals surface area contributed by atoms with Gasteiger partial charge in [0.2, 0.25) is 0 Å². The molecule has 1 aliphatic rings. The summed E-state index contributed by atoms with van der Waals surface area (Å²) in [5.41, 5.74) is 2.13. The quantitative estimate of drug-likeness (QED) is 0.747. The Kier molecular flexibility index (Phi) is 5.74. The van der Waals surface area contributed by atoms with Crippen LogP contribution >= 0.6 is 0 Å². The van der Waals surface area contributed by atoms with Gasteiger partial charge in [-0.3, -0.25) is 9.69 Å². The highest BCUT2D eigenvalue weighted by Gasteiger charge is 2.11. The fraction of sp³-hybridized carbons (Fsp3) is 0.588. The van der Waals surface area contributed by atoms with Crippen LogP contribution in [0.15, 0.2) is 24.3 Å². The summed E-state index contributed by atoms with van der Waals surface area (Å²) in [6.45, 7) is 8.97. The zero-order valence-corrected chi connectivity index (χ0v) is 12.6. The SMILES string of the molecule is CC(C)c1ccc(C(=O)CCCN2CCOCC2)cc1. The molecule has 2 rings (SSSR count). The lowest BCUT2D eigenvalue weighted by atomic mass is 9.99. The Morgan fingerprint density at radius 2 is 1.85 bits per heavy atom. The third-order valence-corrected chi connectivity index (χ3v) is 3.88. The second-order valence-electron chi connectivity index (χ2n) is 5.76. The molecule has 0 spiro atoms. The van der Waals surface area contributed by atoms with E-state index in [2.05, 4.69) is 30.9 Å². The molecule has 3 nitrogen and oxygen atoms in total. The van der Waals surface area contributed by atoms with E-state index in [9.17, 15) is 4.79 Å². The summed E-state index contributed by atoms with van der Waals surface area (Å²) in [4.78, 5) is 14.5.